The highest BCUT2D eigenvalue weighted by atomic mass is 16.5. The lowest BCUT2D eigenvalue weighted by molar-refractivity contribution is 0.135. The van der Waals surface area contributed by atoms with E-state index < -0.39 is 0 Å². The number of ether oxygens (including phenoxy) is 1. The van der Waals surface area contributed by atoms with Crippen molar-refractivity contribution in [2.45, 2.75) is 45.2 Å². The number of hydrogen-bond donors (Lipinski definition) is 2. The molecule has 6 nitrogen and oxygen atoms in total. The first kappa shape index (κ1) is 12.9. The van der Waals surface area contributed by atoms with Crippen molar-refractivity contribution in [2.75, 3.05) is 18.3 Å². The Labute approximate surface area is 108 Å². The van der Waals surface area contributed by atoms with Crippen molar-refractivity contribution in [3.8, 4) is 5.88 Å². The Bertz CT molecular complexity index is 401. The summed E-state index contributed by atoms with van der Waals surface area (Å²) in [5.74, 6) is 1.02. The van der Waals surface area contributed by atoms with Gasteiger partial charge in [-0.3, -0.25) is 0 Å². The first-order valence-electron chi connectivity index (χ1n) is 6.33. The predicted octanol–water partition coefficient (Wildman–Crippen LogP) is 1.66. The van der Waals surface area contributed by atoms with Gasteiger partial charge in [-0.15, -0.1) is 0 Å². The molecule has 2 atom stereocenters. The van der Waals surface area contributed by atoms with Crippen molar-refractivity contribution >= 4 is 11.5 Å². The molecular formula is C12H21N5O. The maximum Gasteiger partial charge on any atom is 0.242 e. The molecule has 2 rings (SSSR count). The zero-order valence-electron chi connectivity index (χ0n) is 11.2. The van der Waals surface area contributed by atoms with Gasteiger partial charge in [0, 0.05) is 12.1 Å². The van der Waals surface area contributed by atoms with E-state index in [1.165, 1.54) is 25.6 Å². The molecule has 1 saturated heterocycles. The molecule has 1 fully saturated rings. The third-order valence-electron chi connectivity index (χ3n) is 3.47. The third kappa shape index (κ3) is 2.48. The minimum Gasteiger partial charge on any atom is -0.479 e. The maximum atomic E-state index is 5.96. The summed E-state index contributed by atoms with van der Waals surface area (Å²) >= 11 is 0. The molecule has 100 valence electrons. The molecular weight excluding hydrogens is 230 g/mol. The molecule has 18 heavy (non-hydrogen) atoms. The number of nitrogens with zero attached hydrogens (tertiary/aromatic N) is 3. The van der Waals surface area contributed by atoms with E-state index in [1.54, 1.807) is 7.11 Å². The topological polar surface area (TPSA) is 76.3 Å². The van der Waals surface area contributed by atoms with E-state index in [4.69, 9.17) is 10.5 Å². The molecule has 0 saturated carbocycles. The molecule has 0 amide bonds. The average Bonchev–Trinajstić information content (AvgIpc) is 2.36. The molecule has 0 aliphatic carbocycles. The summed E-state index contributed by atoms with van der Waals surface area (Å²) in [7, 11) is 1.55. The molecule has 6 heteroatoms. The van der Waals surface area contributed by atoms with Crippen LogP contribution in [0.5, 0.6) is 5.88 Å². The lowest BCUT2D eigenvalue weighted by Gasteiger charge is -2.39. The van der Waals surface area contributed by atoms with Gasteiger partial charge in [-0.25, -0.2) is 9.99 Å². The minimum absolute atomic E-state index is 0.407. The van der Waals surface area contributed by atoms with E-state index in [2.05, 4.69) is 34.3 Å². The molecule has 0 radical (unpaired) electrons. The Morgan fingerprint density at radius 2 is 2.00 bits per heavy atom. The molecule has 0 aromatic carbocycles. The molecule has 3 N–H and O–H groups in total. The van der Waals surface area contributed by atoms with Crippen LogP contribution in [0.1, 0.15) is 33.1 Å². The smallest absolute Gasteiger partial charge is 0.242 e. The van der Waals surface area contributed by atoms with Crippen LogP contribution >= 0.6 is 0 Å². The highest BCUT2D eigenvalue weighted by Gasteiger charge is 2.25. The van der Waals surface area contributed by atoms with Gasteiger partial charge in [-0.2, -0.15) is 4.98 Å². The number of piperidine rings is 1. The van der Waals surface area contributed by atoms with Crippen LogP contribution in [-0.4, -0.2) is 34.2 Å². The number of methoxy groups -OCH3 is 1. The van der Waals surface area contributed by atoms with Gasteiger partial charge >= 0.3 is 0 Å². The van der Waals surface area contributed by atoms with Gasteiger partial charge in [0.05, 0.1) is 7.11 Å². The zero-order valence-corrected chi connectivity index (χ0v) is 11.2. The highest BCUT2D eigenvalue weighted by molar-refractivity contribution is 5.65. The molecule has 2 unspecified atom stereocenters. The van der Waals surface area contributed by atoms with E-state index >= 15 is 0 Å². The van der Waals surface area contributed by atoms with Gasteiger partial charge in [-0.1, -0.05) is 6.42 Å². The highest BCUT2D eigenvalue weighted by Crippen LogP contribution is 2.28. The summed E-state index contributed by atoms with van der Waals surface area (Å²) in [4.78, 5) is 8.15. The van der Waals surface area contributed by atoms with Crippen LogP contribution < -0.4 is 15.9 Å². The van der Waals surface area contributed by atoms with Gasteiger partial charge in [0.15, 0.2) is 5.82 Å². The third-order valence-corrected chi connectivity index (χ3v) is 3.47. The van der Waals surface area contributed by atoms with E-state index in [-0.39, 0.29) is 0 Å². The van der Waals surface area contributed by atoms with Gasteiger partial charge < -0.3 is 15.9 Å². The van der Waals surface area contributed by atoms with E-state index in [9.17, 15) is 0 Å². The van der Waals surface area contributed by atoms with Crippen molar-refractivity contribution in [3.63, 3.8) is 0 Å². The van der Waals surface area contributed by atoms with Crippen molar-refractivity contribution in [1.82, 2.24) is 15.0 Å². The fraction of sp³-hybridized carbons (Fsp3) is 0.667. The molecule has 0 bridgehead atoms. The number of hydrazine groups is 1. The Morgan fingerprint density at radius 3 is 2.61 bits per heavy atom. The zero-order chi connectivity index (χ0) is 13.1. The normalized spacial score (nSPS) is 24.8. The lowest BCUT2D eigenvalue weighted by Crippen LogP contribution is -2.47. The maximum absolute atomic E-state index is 5.96. The molecule has 2 heterocycles. The van der Waals surface area contributed by atoms with E-state index in [0.29, 0.717) is 29.5 Å². The fourth-order valence-corrected chi connectivity index (χ4v) is 2.40. The summed E-state index contributed by atoms with van der Waals surface area (Å²) in [6, 6.07) is 0.934. The first-order valence-corrected chi connectivity index (χ1v) is 6.33. The number of anilines is 2. The second-order valence-electron chi connectivity index (χ2n) is 4.79. The van der Waals surface area contributed by atoms with Gasteiger partial charge in [0.25, 0.3) is 0 Å². The van der Waals surface area contributed by atoms with Gasteiger partial charge in [0.1, 0.15) is 12.0 Å². The number of hydrogen-bond acceptors (Lipinski definition) is 6. The van der Waals surface area contributed by atoms with Crippen molar-refractivity contribution in [2.24, 2.45) is 0 Å². The Balaban J connectivity index is 2.17. The van der Waals surface area contributed by atoms with Crippen molar-refractivity contribution < 1.29 is 4.74 Å². The summed E-state index contributed by atoms with van der Waals surface area (Å²) in [6.45, 7) is 4.41. The second-order valence-corrected chi connectivity index (χ2v) is 4.79. The first-order chi connectivity index (χ1) is 8.63. The van der Waals surface area contributed by atoms with Crippen molar-refractivity contribution in [1.29, 1.82) is 0 Å². The SMILES string of the molecule is COc1ncnc(NN2C(C)CCCC2C)c1N. The second kappa shape index (κ2) is 5.39. The van der Waals surface area contributed by atoms with Crippen LogP contribution in [0.3, 0.4) is 0 Å². The number of nitrogen functional groups attached to an aromatic ring is 1. The van der Waals surface area contributed by atoms with Crippen molar-refractivity contribution in [3.05, 3.63) is 6.33 Å². The minimum atomic E-state index is 0.407. The molecule has 1 aliphatic rings. The average molecular weight is 251 g/mol. The molecule has 1 aromatic heterocycles. The van der Waals surface area contributed by atoms with Crippen LogP contribution in [0.15, 0.2) is 6.33 Å². The summed E-state index contributed by atoms with van der Waals surface area (Å²) in [5.41, 5.74) is 9.71. The summed E-state index contributed by atoms with van der Waals surface area (Å²) in [6.07, 6.45) is 5.08. The Hall–Kier alpha value is -1.56. The van der Waals surface area contributed by atoms with E-state index in [1.807, 2.05) is 0 Å². The van der Waals surface area contributed by atoms with Gasteiger partial charge in [-0.05, 0) is 26.7 Å². The number of rotatable bonds is 3. The molecule has 0 spiro atoms. The fourth-order valence-electron chi connectivity index (χ4n) is 2.40. The van der Waals surface area contributed by atoms with Crippen LogP contribution in [0.25, 0.3) is 0 Å². The van der Waals surface area contributed by atoms with Crippen LogP contribution in [-0.2, 0) is 0 Å². The Kier molecular flexibility index (Phi) is 3.86. The van der Waals surface area contributed by atoms with E-state index in [0.717, 1.165) is 0 Å². The number of nitrogens with two attached hydrogens (primary N) is 1. The molecule has 1 aromatic rings. The van der Waals surface area contributed by atoms with Crippen LogP contribution in [0.4, 0.5) is 11.5 Å². The Morgan fingerprint density at radius 1 is 1.33 bits per heavy atom. The number of aromatic nitrogens is 2. The summed E-state index contributed by atoms with van der Waals surface area (Å²) in [5, 5.41) is 2.21. The summed E-state index contributed by atoms with van der Waals surface area (Å²) < 4.78 is 5.09. The van der Waals surface area contributed by atoms with Gasteiger partial charge in [0.2, 0.25) is 5.88 Å². The van der Waals surface area contributed by atoms with Crippen LogP contribution in [0, 0.1) is 0 Å². The monoisotopic (exact) mass is 251 g/mol. The van der Waals surface area contributed by atoms with Crippen LogP contribution in [0.2, 0.25) is 0 Å². The largest absolute Gasteiger partial charge is 0.479 e. The quantitative estimate of drug-likeness (QED) is 0.850. The molecule has 1 aliphatic heterocycles. The number of nitrogens with one attached hydrogen (secondary N) is 1. The standard InChI is InChI=1S/C12H21N5O/c1-8-5-4-6-9(2)17(8)16-11-10(13)12(18-3)15-7-14-11/h7-9H,4-6,13H2,1-3H3,(H,14,15,16). The predicted molar refractivity (Wildman–Crippen MR) is 71.2 cm³/mol. The lowest BCUT2D eigenvalue weighted by atomic mass is 10.00.